The highest BCUT2D eigenvalue weighted by atomic mass is 16.5. The van der Waals surface area contributed by atoms with Crippen molar-refractivity contribution in [3.63, 3.8) is 0 Å². The molecule has 0 aliphatic carbocycles. The van der Waals surface area contributed by atoms with Crippen LogP contribution in [-0.4, -0.2) is 46.9 Å². The molecule has 152 valence electrons. The van der Waals surface area contributed by atoms with Crippen molar-refractivity contribution in [3.05, 3.63) is 48.2 Å². The Morgan fingerprint density at radius 1 is 1.10 bits per heavy atom. The molecule has 0 spiro atoms. The van der Waals surface area contributed by atoms with Crippen LogP contribution in [0.3, 0.4) is 0 Å². The van der Waals surface area contributed by atoms with Crippen LogP contribution in [0.1, 0.15) is 37.0 Å². The number of benzene rings is 1. The summed E-state index contributed by atoms with van der Waals surface area (Å²) in [6.45, 7) is 5.94. The highest BCUT2D eigenvalue weighted by Crippen LogP contribution is 2.32. The molecule has 3 aliphatic rings. The second kappa shape index (κ2) is 8.21. The second-order valence-corrected chi connectivity index (χ2v) is 7.81. The number of carbonyl (C=O) groups is 2. The molecule has 3 fully saturated rings. The number of aromatic nitrogens is 1. The standard InChI is InChI=1S/C22H26N4O3/c1-14-21(16-9-11-26(14)12-10-16)25-22(28)17-3-6-19(7-4-17)29-20-8-5-18(13-23-20)24-15(2)27/h3-8,13-14,16,21H,9-12H2,1-2H3,(H,24,27)(H,25,28)/t14-,21-/m0/s1. The molecule has 0 unspecified atom stereocenters. The molecule has 7 nitrogen and oxygen atoms in total. The molecule has 2 amide bonds. The summed E-state index contributed by atoms with van der Waals surface area (Å²) in [6.07, 6.45) is 3.86. The maximum Gasteiger partial charge on any atom is 0.251 e. The largest absolute Gasteiger partial charge is 0.439 e. The predicted molar refractivity (Wildman–Crippen MR) is 110 cm³/mol. The van der Waals surface area contributed by atoms with Crippen molar-refractivity contribution in [2.75, 3.05) is 18.4 Å². The molecule has 1 aromatic carbocycles. The van der Waals surface area contributed by atoms with E-state index in [4.69, 9.17) is 4.74 Å². The number of carbonyl (C=O) groups excluding carboxylic acids is 2. The Morgan fingerprint density at radius 2 is 1.83 bits per heavy atom. The first kappa shape index (κ1) is 19.4. The van der Waals surface area contributed by atoms with Gasteiger partial charge in [-0.05, 0) is 69.1 Å². The van der Waals surface area contributed by atoms with Crippen molar-refractivity contribution in [2.24, 2.45) is 5.92 Å². The third-order valence-electron chi connectivity index (χ3n) is 5.87. The number of hydrogen-bond donors (Lipinski definition) is 2. The summed E-state index contributed by atoms with van der Waals surface area (Å²) < 4.78 is 5.72. The zero-order valence-electron chi connectivity index (χ0n) is 16.7. The van der Waals surface area contributed by atoms with E-state index in [1.165, 1.54) is 13.1 Å². The number of fused-ring (bicyclic) bond motifs is 3. The minimum atomic E-state index is -0.151. The van der Waals surface area contributed by atoms with Gasteiger partial charge in [-0.2, -0.15) is 0 Å². The number of pyridine rings is 1. The third kappa shape index (κ3) is 4.40. The Balaban J connectivity index is 1.36. The summed E-state index contributed by atoms with van der Waals surface area (Å²) in [6, 6.07) is 11.1. The van der Waals surface area contributed by atoms with E-state index in [1.807, 2.05) is 0 Å². The van der Waals surface area contributed by atoms with Gasteiger partial charge in [0, 0.05) is 30.6 Å². The van der Waals surface area contributed by atoms with Crippen molar-refractivity contribution in [3.8, 4) is 11.6 Å². The van der Waals surface area contributed by atoms with E-state index in [9.17, 15) is 9.59 Å². The van der Waals surface area contributed by atoms with E-state index < -0.39 is 0 Å². The number of amides is 2. The Kier molecular flexibility index (Phi) is 5.49. The second-order valence-electron chi connectivity index (χ2n) is 7.81. The summed E-state index contributed by atoms with van der Waals surface area (Å²) in [7, 11) is 0. The summed E-state index contributed by atoms with van der Waals surface area (Å²) in [4.78, 5) is 30.4. The predicted octanol–water partition coefficient (Wildman–Crippen LogP) is 3.04. The molecule has 1 aromatic heterocycles. The smallest absolute Gasteiger partial charge is 0.251 e. The van der Waals surface area contributed by atoms with E-state index in [-0.39, 0.29) is 17.9 Å². The molecule has 2 aromatic rings. The number of nitrogens with zero attached hydrogens (tertiary/aromatic N) is 2. The maximum absolute atomic E-state index is 12.7. The first-order chi connectivity index (χ1) is 14.0. The minimum absolute atomic E-state index is 0.0417. The van der Waals surface area contributed by atoms with Crippen LogP contribution in [0.5, 0.6) is 11.6 Å². The highest BCUT2D eigenvalue weighted by molar-refractivity contribution is 5.94. The van der Waals surface area contributed by atoms with Crippen molar-refractivity contribution in [2.45, 2.75) is 38.8 Å². The molecule has 0 saturated carbocycles. The topological polar surface area (TPSA) is 83.6 Å². The van der Waals surface area contributed by atoms with Gasteiger partial charge < -0.3 is 15.4 Å². The first-order valence-corrected chi connectivity index (χ1v) is 10.1. The van der Waals surface area contributed by atoms with Gasteiger partial charge in [-0.1, -0.05) is 0 Å². The van der Waals surface area contributed by atoms with Gasteiger partial charge in [-0.3, -0.25) is 14.5 Å². The first-order valence-electron chi connectivity index (χ1n) is 10.1. The van der Waals surface area contributed by atoms with Crippen LogP contribution in [0.2, 0.25) is 0 Å². The van der Waals surface area contributed by atoms with Gasteiger partial charge in [0.2, 0.25) is 11.8 Å². The molecular weight excluding hydrogens is 368 g/mol. The number of ether oxygens (including phenoxy) is 1. The van der Waals surface area contributed by atoms with Crippen molar-refractivity contribution < 1.29 is 14.3 Å². The third-order valence-corrected chi connectivity index (χ3v) is 5.87. The molecule has 0 radical (unpaired) electrons. The van der Waals surface area contributed by atoms with Crippen molar-refractivity contribution in [1.29, 1.82) is 0 Å². The fourth-order valence-electron chi connectivity index (χ4n) is 4.29. The summed E-state index contributed by atoms with van der Waals surface area (Å²) in [5.74, 6) is 1.39. The number of rotatable bonds is 5. The van der Waals surface area contributed by atoms with Gasteiger partial charge >= 0.3 is 0 Å². The van der Waals surface area contributed by atoms with Gasteiger partial charge in [-0.15, -0.1) is 0 Å². The van der Waals surface area contributed by atoms with Crippen LogP contribution in [0.15, 0.2) is 42.6 Å². The SMILES string of the molecule is CC(=O)Nc1ccc(Oc2ccc(C(=O)N[C@@H]3C4CCN(CC4)[C@H]3C)cc2)nc1. The molecule has 2 bridgehead atoms. The lowest BCUT2D eigenvalue weighted by Crippen LogP contribution is -2.62. The van der Waals surface area contributed by atoms with Crippen molar-refractivity contribution >= 4 is 17.5 Å². The van der Waals surface area contributed by atoms with E-state index in [0.29, 0.717) is 34.8 Å². The zero-order chi connectivity index (χ0) is 20.4. The fraction of sp³-hybridized carbons (Fsp3) is 0.409. The van der Waals surface area contributed by atoms with Crippen LogP contribution in [0, 0.1) is 5.92 Å². The van der Waals surface area contributed by atoms with E-state index in [2.05, 4.69) is 27.4 Å². The lowest BCUT2D eigenvalue weighted by atomic mass is 9.79. The van der Waals surface area contributed by atoms with Crippen LogP contribution < -0.4 is 15.4 Å². The Hall–Kier alpha value is -2.93. The summed E-state index contributed by atoms with van der Waals surface area (Å²) in [5, 5.41) is 5.90. The molecule has 29 heavy (non-hydrogen) atoms. The molecule has 3 saturated heterocycles. The molecule has 2 atom stereocenters. The molecule has 3 aliphatic heterocycles. The van der Waals surface area contributed by atoms with Gasteiger partial charge in [0.15, 0.2) is 0 Å². The normalized spacial score (nSPS) is 25.3. The number of piperidine rings is 3. The molecular formula is C22H26N4O3. The minimum Gasteiger partial charge on any atom is -0.439 e. The summed E-state index contributed by atoms with van der Waals surface area (Å²) in [5.41, 5.74) is 1.23. The molecule has 7 heteroatoms. The average Bonchev–Trinajstić information content (AvgIpc) is 2.72. The Labute approximate surface area is 170 Å². The number of nitrogens with one attached hydrogen (secondary N) is 2. The monoisotopic (exact) mass is 394 g/mol. The van der Waals surface area contributed by atoms with Gasteiger partial charge in [0.25, 0.3) is 5.91 Å². The Morgan fingerprint density at radius 3 is 2.41 bits per heavy atom. The van der Waals surface area contributed by atoms with Gasteiger partial charge in [0.05, 0.1) is 11.9 Å². The average molecular weight is 394 g/mol. The quantitative estimate of drug-likeness (QED) is 0.814. The Bertz CT molecular complexity index is 872. The van der Waals surface area contributed by atoms with Crippen LogP contribution >= 0.6 is 0 Å². The molecule has 2 N–H and O–H groups in total. The molecule has 4 heterocycles. The van der Waals surface area contributed by atoms with E-state index in [1.54, 1.807) is 36.4 Å². The number of hydrogen-bond acceptors (Lipinski definition) is 5. The fourth-order valence-corrected chi connectivity index (χ4v) is 4.29. The van der Waals surface area contributed by atoms with Crippen LogP contribution in [0.4, 0.5) is 5.69 Å². The molecule has 5 rings (SSSR count). The van der Waals surface area contributed by atoms with E-state index >= 15 is 0 Å². The lowest BCUT2D eigenvalue weighted by molar-refractivity contribution is -0.114. The highest BCUT2D eigenvalue weighted by Gasteiger charge is 2.40. The zero-order valence-corrected chi connectivity index (χ0v) is 16.7. The maximum atomic E-state index is 12.7. The van der Waals surface area contributed by atoms with Crippen LogP contribution in [-0.2, 0) is 4.79 Å². The van der Waals surface area contributed by atoms with Gasteiger partial charge in [-0.25, -0.2) is 4.98 Å². The number of anilines is 1. The lowest BCUT2D eigenvalue weighted by Gasteiger charge is -2.49. The van der Waals surface area contributed by atoms with Crippen LogP contribution in [0.25, 0.3) is 0 Å². The van der Waals surface area contributed by atoms with Crippen molar-refractivity contribution in [1.82, 2.24) is 15.2 Å². The summed E-state index contributed by atoms with van der Waals surface area (Å²) >= 11 is 0. The van der Waals surface area contributed by atoms with E-state index in [0.717, 1.165) is 25.9 Å². The van der Waals surface area contributed by atoms with Gasteiger partial charge in [0.1, 0.15) is 5.75 Å².